The summed E-state index contributed by atoms with van der Waals surface area (Å²) < 4.78 is 35.5. The highest BCUT2D eigenvalue weighted by atomic mass is 19.3. The summed E-state index contributed by atoms with van der Waals surface area (Å²) in [6, 6.07) is 11.1. The minimum atomic E-state index is -2.25. The zero-order valence-corrected chi connectivity index (χ0v) is 21.9. The number of fused-ring (bicyclic) bond motifs is 1. The van der Waals surface area contributed by atoms with E-state index < -0.39 is 12.4 Å². The Morgan fingerprint density at radius 3 is 2.53 bits per heavy atom. The lowest BCUT2D eigenvalue weighted by Crippen LogP contribution is -2.47. The Hall–Kier alpha value is -3.21. The van der Waals surface area contributed by atoms with Crippen molar-refractivity contribution in [3.63, 3.8) is 0 Å². The number of carboxylic acid groups (broad SMARTS) is 1. The number of rotatable bonds is 9. The molecule has 2 aromatic carbocycles. The number of carbonyl (C=O) groups is 1. The maximum atomic E-state index is 12.5. The van der Waals surface area contributed by atoms with Crippen LogP contribution < -0.4 is 10.1 Å². The number of aromatic carboxylic acids is 1. The van der Waals surface area contributed by atoms with Crippen LogP contribution in [0.4, 0.5) is 14.5 Å². The monoisotopic (exact) mass is 530 g/mol. The number of hydrogen-bond donors (Lipinski definition) is 3. The zero-order valence-electron chi connectivity index (χ0n) is 21.9. The third kappa shape index (κ3) is 7.00. The van der Waals surface area contributed by atoms with E-state index in [0.717, 1.165) is 61.8 Å². The molecule has 0 saturated carbocycles. The number of carboxylic acids is 1. The number of nitrogens with one attached hydrogen (secondary N) is 2. The predicted molar refractivity (Wildman–Crippen MR) is 144 cm³/mol. The molecule has 0 aliphatic carbocycles. The lowest BCUT2D eigenvalue weighted by atomic mass is 10.0. The molecule has 2 fully saturated rings. The maximum Gasteiger partial charge on any atom is 0.337 e. The highest BCUT2D eigenvalue weighted by Gasteiger charge is 2.22. The number of aromatic amines is 1. The molecule has 10 heteroatoms. The van der Waals surface area contributed by atoms with Crippen LogP contribution in [0.5, 0.6) is 5.75 Å². The summed E-state index contributed by atoms with van der Waals surface area (Å²) in [5, 5.41) is 13.3. The van der Waals surface area contributed by atoms with Crippen molar-refractivity contribution in [3.8, 4) is 5.75 Å². The maximum absolute atomic E-state index is 12.5. The predicted octanol–water partition coefficient (Wildman–Crippen LogP) is 4.31. The molecule has 3 aromatic rings. The molecule has 0 unspecified atom stereocenters. The standard InChI is InChI=1S/C17H23F2N3O.C11H13NO3/c1-12-9-15(23-2)14(13-3-4-20-17(12)13)10-21-5-7-22(8-6-21)11-16(18)19;13-11(14)9-3-1-2-4-10(9)12-5-8-6-15-7-8/h3-4,9,16,20H,5-8,10-11H2,1-2H3;1-4,8,12H,5-7H2,(H,13,14). The molecule has 8 nitrogen and oxygen atoms in total. The van der Waals surface area contributed by atoms with Crippen LogP contribution in [0.1, 0.15) is 21.5 Å². The van der Waals surface area contributed by atoms with E-state index in [4.69, 9.17) is 14.6 Å². The number of alkyl halides is 2. The number of para-hydroxylation sites is 1. The fraction of sp³-hybridized carbons (Fsp3) is 0.464. The van der Waals surface area contributed by atoms with Gasteiger partial charge >= 0.3 is 5.97 Å². The Balaban J connectivity index is 0.000000194. The molecule has 1 aromatic heterocycles. The topological polar surface area (TPSA) is 90.1 Å². The quantitative estimate of drug-likeness (QED) is 0.380. The van der Waals surface area contributed by atoms with E-state index in [9.17, 15) is 13.6 Å². The first-order chi connectivity index (χ1) is 18.4. The molecule has 2 aliphatic rings. The minimum Gasteiger partial charge on any atom is -0.496 e. The van der Waals surface area contributed by atoms with Crippen LogP contribution in [0.3, 0.4) is 0 Å². The van der Waals surface area contributed by atoms with Crippen LogP contribution in [-0.4, -0.2) is 91.9 Å². The van der Waals surface area contributed by atoms with E-state index in [1.54, 1.807) is 25.3 Å². The molecular formula is C28H36F2N4O4. The third-order valence-electron chi connectivity index (χ3n) is 7.02. The summed E-state index contributed by atoms with van der Waals surface area (Å²) in [7, 11) is 1.69. The molecule has 206 valence electrons. The van der Waals surface area contributed by atoms with Gasteiger partial charge in [-0.15, -0.1) is 0 Å². The Bertz CT molecular complexity index is 1210. The van der Waals surface area contributed by atoms with E-state index in [0.29, 0.717) is 30.3 Å². The largest absolute Gasteiger partial charge is 0.496 e. The van der Waals surface area contributed by atoms with E-state index in [1.807, 2.05) is 17.2 Å². The number of aromatic nitrogens is 1. The van der Waals surface area contributed by atoms with Gasteiger partial charge in [0, 0.05) is 73.5 Å². The minimum absolute atomic E-state index is 0.121. The number of ether oxygens (including phenoxy) is 2. The van der Waals surface area contributed by atoms with Crippen LogP contribution in [0.25, 0.3) is 10.9 Å². The second kappa shape index (κ2) is 13.0. The van der Waals surface area contributed by atoms with Crippen molar-refractivity contribution in [1.82, 2.24) is 14.8 Å². The number of nitrogens with zero attached hydrogens (tertiary/aromatic N) is 2. The van der Waals surface area contributed by atoms with Crippen LogP contribution >= 0.6 is 0 Å². The summed E-state index contributed by atoms with van der Waals surface area (Å²) >= 11 is 0. The summed E-state index contributed by atoms with van der Waals surface area (Å²) in [5.74, 6) is 0.499. The van der Waals surface area contributed by atoms with Crippen LogP contribution in [0.2, 0.25) is 0 Å². The van der Waals surface area contributed by atoms with Gasteiger partial charge in [0.15, 0.2) is 0 Å². The van der Waals surface area contributed by atoms with Crippen LogP contribution in [0.15, 0.2) is 42.6 Å². The SMILES string of the molecule is COc1cc(C)c2[nH]ccc2c1CN1CCN(CC(F)F)CC1.O=C(O)c1ccccc1NCC1COC1. The van der Waals surface area contributed by atoms with Crippen molar-refractivity contribution in [2.45, 2.75) is 19.9 Å². The molecule has 0 spiro atoms. The normalized spacial score (nSPS) is 16.7. The Labute approximate surface area is 221 Å². The fourth-order valence-electron chi connectivity index (χ4n) is 4.81. The summed E-state index contributed by atoms with van der Waals surface area (Å²) in [6.45, 7) is 8.00. The van der Waals surface area contributed by atoms with Crippen LogP contribution in [-0.2, 0) is 11.3 Å². The Kier molecular flexibility index (Phi) is 9.54. The zero-order chi connectivity index (χ0) is 27.1. The average molecular weight is 531 g/mol. The first-order valence-corrected chi connectivity index (χ1v) is 12.9. The lowest BCUT2D eigenvalue weighted by Gasteiger charge is -2.34. The molecule has 0 bridgehead atoms. The van der Waals surface area contributed by atoms with Crippen molar-refractivity contribution < 1.29 is 28.2 Å². The van der Waals surface area contributed by atoms with Crippen molar-refractivity contribution in [3.05, 3.63) is 59.3 Å². The molecule has 0 atom stereocenters. The lowest BCUT2D eigenvalue weighted by molar-refractivity contribution is -0.0248. The number of aryl methyl sites for hydroxylation is 1. The Morgan fingerprint density at radius 2 is 1.89 bits per heavy atom. The summed E-state index contributed by atoms with van der Waals surface area (Å²) in [4.78, 5) is 18.3. The number of hydrogen-bond acceptors (Lipinski definition) is 6. The van der Waals surface area contributed by atoms with Gasteiger partial charge in [-0.3, -0.25) is 9.80 Å². The third-order valence-corrected chi connectivity index (χ3v) is 7.02. The molecule has 3 N–H and O–H groups in total. The molecule has 3 heterocycles. The Morgan fingerprint density at radius 1 is 1.18 bits per heavy atom. The van der Waals surface area contributed by atoms with Crippen molar-refractivity contribution in [2.75, 3.05) is 64.9 Å². The number of benzene rings is 2. The van der Waals surface area contributed by atoms with Gasteiger partial charge < -0.3 is 24.9 Å². The van der Waals surface area contributed by atoms with Gasteiger partial charge in [-0.05, 0) is 36.8 Å². The van der Waals surface area contributed by atoms with E-state index in [2.05, 4.69) is 34.3 Å². The molecule has 2 aliphatic heterocycles. The van der Waals surface area contributed by atoms with Crippen molar-refractivity contribution in [2.24, 2.45) is 5.92 Å². The van der Waals surface area contributed by atoms with E-state index in [1.165, 1.54) is 5.39 Å². The van der Waals surface area contributed by atoms with E-state index >= 15 is 0 Å². The summed E-state index contributed by atoms with van der Waals surface area (Å²) in [5.41, 5.74) is 4.45. The van der Waals surface area contributed by atoms with Gasteiger partial charge in [0.05, 0.1) is 32.4 Å². The van der Waals surface area contributed by atoms with Gasteiger partial charge in [-0.2, -0.15) is 0 Å². The number of methoxy groups -OCH3 is 1. The molecule has 0 amide bonds. The fourth-order valence-corrected chi connectivity index (χ4v) is 4.81. The first kappa shape index (κ1) is 27.8. The highest BCUT2D eigenvalue weighted by molar-refractivity contribution is 5.94. The number of anilines is 1. The van der Waals surface area contributed by atoms with Gasteiger partial charge in [-0.25, -0.2) is 13.6 Å². The second-order valence-corrected chi connectivity index (χ2v) is 9.74. The number of halogens is 2. The highest BCUT2D eigenvalue weighted by Crippen LogP contribution is 2.31. The number of H-pyrrole nitrogens is 1. The molecular weight excluding hydrogens is 494 g/mol. The molecule has 38 heavy (non-hydrogen) atoms. The smallest absolute Gasteiger partial charge is 0.337 e. The van der Waals surface area contributed by atoms with E-state index in [-0.39, 0.29) is 6.54 Å². The van der Waals surface area contributed by atoms with Gasteiger partial charge in [-0.1, -0.05) is 12.1 Å². The van der Waals surface area contributed by atoms with Gasteiger partial charge in [0.1, 0.15) is 5.75 Å². The van der Waals surface area contributed by atoms with Crippen molar-refractivity contribution in [1.29, 1.82) is 0 Å². The molecule has 0 radical (unpaired) electrons. The average Bonchev–Trinajstić information content (AvgIpc) is 3.37. The van der Waals surface area contributed by atoms with Crippen LogP contribution in [0, 0.1) is 12.8 Å². The number of piperazine rings is 1. The second-order valence-electron chi connectivity index (χ2n) is 9.74. The molecule has 2 saturated heterocycles. The van der Waals surface area contributed by atoms with Gasteiger partial charge in [0.2, 0.25) is 0 Å². The molecule has 5 rings (SSSR count). The van der Waals surface area contributed by atoms with Gasteiger partial charge in [0.25, 0.3) is 6.43 Å². The first-order valence-electron chi connectivity index (χ1n) is 12.9. The van der Waals surface area contributed by atoms with Crippen molar-refractivity contribution >= 4 is 22.6 Å². The summed E-state index contributed by atoms with van der Waals surface area (Å²) in [6.07, 6.45) is -0.306.